The van der Waals surface area contributed by atoms with Crippen LogP contribution in [0.25, 0.3) is 0 Å². The Kier molecular flexibility index (Phi) is 2.26. The van der Waals surface area contributed by atoms with Crippen LogP contribution in [-0.4, -0.2) is 5.11 Å². The summed E-state index contributed by atoms with van der Waals surface area (Å²) in [6, 6.07) is 4.10. The van der Waals surface area contributed by atoms with Gasteiger partial charge in [-0.3, -0.25) is 0 Å². The van der Waals surface area contributed by atoms with Gasteiger partial charge in [0.2, 0.25) is 0 Å². The summed E-state index contributed by atoms with van der Waals surface area (Å²) in [6.45, 7) is 1.97. The number of aryl methyl sites for hydroxylation is 3. The molecule has 0 saturated carbocycles. The second kappa shape index (κ2) is 3.41. The van der Waals surface area contributed by atoms with Crippen molar-refractivity contribution < 1.29 is 5.11 Å². The van der Waals surface area contributed by atoms with Gasteiger partial charge in [0.25, 0.3) is 0 Å². The largest absolute Gasteiger partial charge is 0.508 e. The molecule has 0 amide bonds. The number of benzene rings is 1. The Hall–Kier alpha value is -0.980. The number of phenolic OH excluding ortho intramolecular Hbond substituents is 1. The molecule has 1 nitrogen and oxygen atoms in total. The van der Waals surface area contributed by atoms with Crippen molar-refractivity contribution in [2.75, 3.05) is 0 Å². The number of aromatic hydroxyl groups is 1. The second-order valence-corrected chi connectivity index (χ2v) is 3.97. The molecule has 0 spiro atoms. The standard InChI is InChI=1S/C12H16O/c1-9-7-10-5-3-2-4-6-11(10)8-12(9)13/h7-8,13H,2-6H2,1H3. The summed E-state index contributed by atoms with van der Waals surface area (Å²) in [5.74, 6) is 0.459. The van der Waals surface area contributed by atoms with Crippen molar-refractivity contribution in [1.29, 1.82) is 0 Å². The predicted molar refractivity (Wildman–Crippen MR) is 54.1 cm³/mol. The first-order valence-electron chi connectivity index (χ1n) is 5.09. The average molecular weight is 176 g/mol. The topological polar surface area (TPSA) is 20.2 Å². The maximum Gasteiger partial charge on any atom is 0.118 e. The van der Waals surface area contributed by atoms with Gasteiger partial charge in [-0.25, -0.2) is 0 Å². The van der Waals surface area contributed by atoms with Crippen LogP contribution in [0.1, 0.15) is 36.0 Å². The zero-order chi connectivity index (χ0) is 9.26. The van der Waals surface area contributed by atoms with E-state index in [0.717, 1.165) is 12.0 Å². The van der Waals surface area contributed by atoms with E-state index in [-0.39, 0.29) is 0 Å². The summed E-state index contributed by atoms with van der Waals surface area (Å²) in [5.41, 5.74) is 3.83. The van der Waals surface area contributed by atoms with Gasteiger partial charge in [-0.1, -0.05) is 12.5 Å². The molecule has 70 valence electrons. The van der Waals surface area contributed by atoms with Gasteiger partial charge in [0, 0.05) is 0 Å². The molecule has 0 unspecified atom stereocenters. The van der Waals surface area contributed by atoms with Crippen LogP contribution in [0.3, 0.4) is 0 Å². The van der Waals surface area contributed by atoms with E-state index in [1.165, 1.54) is 36.8 Å². The molecular weight excluding hydrogens is 160 g/mol. The molecule has 1 aliphatic rings. The van der Waals surface area contributed by atoms with Gasteiger partial charge in [-0.05, 0) is 55.4 Å². The minimum atomic E-state index is 0.459. The molecule has 0 fully saturated rings. The highest BCUT2D eigenvalue weighted by molar-refractivity contribution is 5.41. The lowest BCUT2D eigenvalue weighted by Crippen LogP contribution is -1.91. The van der Waals surface area contributed by atoms with E-state index >= 15 is 0 Å². The summed E-state index contributed by atoms with van der Waals surface area (Å²) >= 11 is 0. The van der Waals surface area contributed by atoms with E-state index in [1.54, 1.807) is 0 Å². The molecule has 0 radical (unpaired) electrons. The van der Waals surface area contributed by atoms with Gasteiger partial charge in [0.05, 0.1) is 0 Å². The fourth-order valence-corrected chi connectivity index (χ4v) is 2.07. The Balaban J connectivity index is 2.43. The third kappa shape index (κ3) is 1.69. The highest BCUT2D eigenvalue weighted by Crippen LogP contribution is 2.27. The summed E-state index contributed by atoms with van der Waals surface area (Å²) in [5, 5.41) is 9.57. The summed E-state index contributed by atoms with van der Waals surface area (Å²) in [6.07, 6.45) is 6.24. The van der Waals surface area contributed by atoms with Crippen molar-refractivity contribution >= 4 is 0 Å². The van der Waals surface area contributed by atoms with Gasteiger partial charge < -0.3 is 5.11 Å². The number of hydrogen-bond donors (Lipinski definition) is 1. The van der Waals surface area contributed by atoms with Crippen LogP contribution < -0.4 is 0 Å². The summed E-state index contributed by atoms with van der Waals surface area (Å²) in [4.78, 5) is 0. The van der Waals surface area contributed by atoms with E-state index in [4.69, 9.17) is 0 Å². The predicted octanol–water partition coefficient (Wildman–Crippen LogP) is 2.97. The first-order valence-corrected chi connectivity index (χ1v) is 5.09. The number of phenols is 1. The van der Waals surface area contributed by atoms with Crippen LogP contribution >= 0.6 is 0 Å². The average Bonchev–Trinajstić information content (AvgIpc) is 2.31. The molecule has 1 N–H and O–H groups in total. The molecular formula is C12H16O. The lowest BCUT2D eigenvalue weighted by molar-refractivity contribution is 0.470. The van der Waals surface area contributed by atoms with Crippen molar-refractivity contribution in [2.45, 2.75) is 39.0 Å². The zero-order valence-corrected chi connectivity index (χ0v) is 8.14. The van der Waals surface area contributed by atoms with Crippen LogP contribution in [0.4, 0.5) is 0 Å². The fraction of sp³-hybridized carbons (Fsp3) is 0.500. The van der Waals surface area contributed by atoms with E-state index in [2.05, 4.69) is 6.07 Å². The van der Waals surface area contributed by atoms with Crippen LogP contribution in [-0.2, 0) is 12.8 Å². The molecule has 1 aromatic rings. The number of hydrogen-bond acceptors (Lipinski definition) is 1. The molecule has 1 heteroatoms. The molecule has 0 aliphatic heterocycles. The lowest BCUT2D eigenvalue weighted by atomic mass is 10.00. The highest BCUT2D eigenvalue weighted by atomic mass is 16.3. The number of rotatable bonds is 0. The normalized spacial score (nSPS) is 16.4. The van der Waals surface area contributed by atoms with Gasteiger partial charge in [-0.2, -0.15) is 0 Å². The van der Waals surface area contributed by atoms with Crippen LogP contribution in [0.15, 0.2) is 12.1 Å². The van der Waals surface area contributed by atoms with E-state index < -0.39 is 0 Å². The maximum absolute atomic E-state index is 9.57. The summed E-state index contributed by atoms with van der Waals surface area (Å²) in [7, 11) is 0. The van der Waals surface area contributed by atoms with Crippen molar-refractivity contribution in [1.82, 2.24) is 0 Å². The Labute approximate surface area is 79.4 Å². The molecule has 0 bridgehead atoms. The third-order valence-corrected chi connectivity index (χ3v) is 2.91. The highest BCUT2D eigenvalue weighted by Gasteiger charge is 2.09. The van der Waals surface area contributed by atoms with Crippen molar-refractivity contribution in [3.63, 3.8) is 0 Å². The molecule has 0 atom stereocenters. The molecule has 13 heavy (non-hydrogen) atoms. The van der Waals surface area contributed by atoms with Crippen molar-refractivity contribution in [3.05, 3.63) is 28.8 Å². The Morgan fingerprint density at radius 2 is 1.62 bits per heavy atom. The van der Waals surface area contributed by atoms with Crippen LogP contribution in [0, 0.1) is 6.92 Å². The Morgan fingerprint density at radius 3 is 2.31 bits per heavy atom. The van der Waals surface area contributed by atoms with Crippen molar-refractivity contribution in [2.24, 2.45) is 0 Å². The molecule has 0 saturated heterocycles. The summed E-state index contributed by atoms with van der Waals surface area (Å²) < 4.78 is 0. The molecule has 2 rings (SSSR count). The van der Waals surface area contributed by atoms with E-state index in [1.807, 2.05) is 13.0 Å². The SMILES string of the molecule is Cc1cc2c(cc1O)CCCCC2. The first kappa shape index (κ1) is 8.61. The first-order chi connectivity index (χ1) is 6.27. The smallest absolute Gasteiger partial charge is 0.118 e. The van der Waals surface area contributed by atoms with E-state index in [9.17, 15) is 5.11 Å². The monoisotopic (exact) mass is 176 g/mol. The maximum atomic E-state index is 9.57. The third-order valence-electron chi connectivity index (χ3n) is 2.91. The molecule has 1 aliphatic carbocycles. The van der Waals surface area contributed by atoms with Crippen molar-refractivity contribution in [3.8, 4) is 5.75 Å². The second-order valence-electron chi connectivity index (χ2n) is 3.97. The molecule has 1 aromatic carbocycles. The fourth-order valence-electron chi connectivity index (χ4n) is 2.07. The Bertz CT molecular complexity index is 284. The minimum absolute atomic E-state index is 0.459. The quantitative estimate of drug-likeness (QED) is 0.602. The minimum Gasteiger partial charge on any atom is -0.508 e. The lowest BCUT2D eigenvalue weighted by Gasteiger charge is -2.08. The molecule has 0 aromatic heterocycles. The van der Waals surface area contributed by atoms with Gasteiger partial charge >= 0.3 is 0 Å². The van der Waals surface area contributed by atoms with Crippen LogP contribution in [0.5, 0.6) is 5.75 Å². The van der Waals surface area contributed by atoms with Gasteiger partial charge in [0.1, 0.15) is 5.75 Å². The zero-order valence-electron chi connectivity index (χ0n) is 8.14. The molecule has 0 heterocycles. The van der Waals surface area contributed by atoms with E-state index in [0.29, 0.717) is 5.75 Å². The Morgan fingerprint density at radius 1 is 1.00 bits per heavy atom. The van der Waals surface area contributed by atoms with Crippen LogP contribution in [0.2, 0.25) is 0 Å². The van der Waals surface area contributed by atoms with Gasteiger partial charge in [-0.15, -0.1) is 0 Å². The number of fused-ring (bicyclic) bond motifs is 1. The van der Waals surface area contributed by atoms with Gasteiger partial charge in [0.15, 0.2) is 0 Å².